The van der Waals surface area contributed by atoms with Crippen molar-refractivity contribution in [2.24, 2.45) is 5.92 Å². The van der Waals surface area contributed by atoms with Crippen LogP contribution in [0.4, 0.5) is 4.79 Å². The molecule has 1 aromatic carbocycles. The SMILES string of the molecule is CC(C)(C)OC(=O)N[C@H]1CCCCCC=C[C@@H]2C[C@@]2(C(=O)O)NC(=O)[C@@H]2C[C@H](n3nc4ccccc4n3)CN2C1=O. The monoisotopic (exact) mass is 566 g/mol. The summed E-state index contributed by atoms with van der Waals surface area (Å²) in [5.41, 5.74) is -0.766. The van der Waals surface area contributed by atoms with Gasteiger partial charge < -0.3 is 25.4 Å². The van der Waals surface area contributed by atoms with Crippen LogP contribution in [0, 0.1) is 5.92 Å². The van der Waals surface area contributed by atoms with Crippen LogP contribution in [0.5, 0.6) is 0 Å². The van der Waals surface area contributed by atoms with Gasteiger partial charge in [0.1, 0.15) is 34.3 Å². The molecular formula is C29H38N6O6. The lowest BCUT2D eigenvalue weighted by molar-refractivity contribution is -0.145. The van der Waals surface area contributed by atoms with E-state index in [4.69, 9.17) is 4.74 Å². The van der Waals surface area contributed by atoms with Crippen molar-refractivity contribution in [1.82, 2.24) is 30.5 Å². The van der Waals surface area contributed by atoms with Crippen LogP contribution in [-0.2, 0) is 19.1 Å². The van der Waals surface area contributed by atoms with Gasteiger partial charge in [-0.3, -0.25) is 9.59 Å². The molecule has 0 bridgehead atoms. The van der Waals surface area contributed by atoms with Crippen molar-refractivity contribution in [3.05, 3.63) is 36.4 Å². The average molecular weight is 567 g/mol. The number of carboxylic acid groups (broad SMARTS) is 1. The molecule has 2 aromatic rings. The van der Waals surface area contributed by atoms with Crippen molar-refractivity contribution in [3.8, 4) is 0 Å². The number of nitrogens with zero attached hydrogens (tertiary/aromatic N) is 4. The molecule has 0 unspecified atom stereocenters. The van der Waals surface area contributed by atoms with E-state index in [0.29, 0.717) is 30.3 Å². The van der Waals surface area contributed by atoms with Gasteiger partial charge in [-0.25, -0.2) is 9.59 Å². The van der Waals surface area contributed by atoms with Gasteiger partial charge >= 0.3 is 12.1 Å². The summed E-state index contributed by atoms with van der Waals surface area (Å²) in [6.45, 7) is 5.37. The van der Waals surface area contributed by atoms with E-state index in [0.717, 1.165) is 19.3 Å². The molecule has 1 aliphatic carbocycles. The van der Waals surface area contributed by atoms with Crippen LogP contribution in [0.2, 0.25) is 0 Å². The van der Waals surface area contributed by atoms with Crippen LogP contribution in [-0.4, -0.2) is 78.6 Å². The Kier molecular flexibility index (Phi) is 7.76. The molecular weight excluding hydrogens is 528 g/mol. The zero-order valence-electron chi connectivity index (χ0n) is 23.7. The van der Waals surface area contributed by atoms with Crippen LogP contribution in [0.1, 0.15) is 71.8 Å². The van der Waals surface area contributed by atoms with Gasteiger partial charge in [-0.05, 0) is 58.6 Å². The van der Waals surface area contributed by atoms with Crippen molar-refractivity contribution in [1.29, 1.82) is 0 Å². The number of benzene rings is 1. The third kappa shape index (κ3) is 6.20. The molecule has 1 aromatic heterocycles. The quantitative estimate of drug-likeness (QED) is 0.479. The van der Waals surface area contributed by atoms with Gasteiger partial charge in [0, 0.05) is 18.9 Å². The molecule has 5 atom stereocenters. The Bertz CT molecular complexity index is 1330. The van der Waals surface area contributed by atoms with E-state index in [9.17, 15) is 24.3 Å². The number of hydrogen-bond donors (Lipinski definition) is 3. The summed E-state index contributed by atoms with van der Waals surface area (Å²) in [4.78, 5) is 55.8. The highest BCUT2D eigenvalue weighted by atomic mass is 16.6. The third-order valence-corrected chi connectivity index (χ3v) is 7.96. The van der Waals surface area contributed by atoms with Crippen LogP contribution in [0.25, 0.3) is 11.0 Å². The predicted molar refractivity (Wildman–Crippen MR) is 149 cm³/mol. The minimum Gasteiger partial charge on any atom is -0.479 e. The van der Waals surface area contributed by atoms with Crippen LogP contribution in [0.15, 0.2) is 36.4 Å². The Morgan fingerprint density at radius 1 is 1.12 bits per heavy atom. The zero-order chi connectivity index (χ0) is 29.4. The van der Waals surface area contributed by atoms with Gasteiger partial charge in [-0.2, -0.15) is 15.0 Å². The highest BCUT2D eigenvalue weighted by Gasteiger charge is 2.61. The number of ether oxygens (including phenoxy) is 1. The molecule has 3 amide bonds. The lowest BCUT2D eigenvalue weighted by Gasteiger charge is -2.30. The summed E-state index contributed by atoms with van der Waals surface area (Å²) in [6.07, 6.45) is 7.14. The number of aliphatic carboxylic acids is 1. The Balaban J connectivity index is 1.46. The number of aromatic nitrogens is 3. The number of fused-ring (bicyclic) bond motifs is 3. The molecule has 1 saturated carbocycles. The van der Waals surface area contributed by atoms with Gasteiger partial charge in [0.05, 0.1) is 6.04 Å². The molecule has 5 rings (SSSR count). The molecule has 3 heterocycles. The topological polar surface area (TPSA) is 156 Å². The number of allylic oxidation sites excluding steroid dienone is 1. The molecule has 220 valence electrons. The summed E-state index contributed by atoms with van der Waals surface area (Å²) in [7, 11) is 0. The van der Waals surface area contributed by atoms with E-state index in [1.54, 1.807) is 20.8 Å². The Hall–Kier alpha value is -3.96. The molecule has 41 heavy (non-hydrogen) atoms. The number of carboxylic acids is 1. The van der Waals surface area contributed by atoms with Gasteiger partial charge in [-0.15, -0.1) is 0 Å². The van der Waals surface area contributed by atoms with Crippen molar-refractivity contribution in [2.75, 3.05) is 6.54 Å². The number of carbonyl (C=O) groups excluding carboxylic acids is 3. The normalized spacial score (nSPS) is 29.1. The van der Waals surface area contributed by atoms with E-state index < -0.39 is 53.1 Å². The van der Waals surface area contributed by atoms with Crippen LogP contribution in [0.3, 0.4) is 0 Å². The second kappa shape index (κ2) is 11.1. The Labute approximate surface area is 238 Å². The summed E-state index contributed by atoms with van der Waals surface area (Å²) in [5, 5.41) is 24.7. The molecule has 0 spiro atoms. The predicted octanol–water partition coefficient (Wildman–Crippen LogP) is 2.95. The highest BCUT2D eigenvalue weighted by Crippen LogP contribution is 2.45. The molecule has 3 aliphatic rings. The fourth-order valence-electron chi connectivity index (χ4n) is 5.73. The third-order valence-electron chi connectivity index (χ3n) is 7.96. The first kappa shape index (κ1) is 28.6. The first-order valence-corrected chi connectivity index (χ1v) is 14.3. The number of hydrogen-bond acceptors (Lipinski definition) is 7. The fraction of sp³-hybridized carbons (Fsp3) is 0.586. The van der Waals surface area contributed by atoms with E-state index in [-0.39, 0.29) is 18.9 Å². The fourth-order valence-corrected chi connectivity index (χ4v) is 5.73. The lowest BCUT2D eigenvalue weighted by atomic mass is 10.0. The Morgan fingerprint density at radius 3 is 2.49 bits per heavy atom. The minimum atomic E-state index is -1.40. The van der Waals surface area contributed by atoms with Gasteiger partial charge in [0.15, 0.2) is 0 Å². The number of nitrogens with one attached hydrogen (secondary N) is 2. The largest absolute Gasteiger partial charge is 0.479 e. The summed E-state index contributed by atoms with van der Waals surface area (Å²) in [5.74, 6) is -2.36. The molecule has 1 saturated heterocycles. The number of amides is 3. The zero-order valence-corrected chi connectivity index (χ0v) is 23.7. The van der Waals surface area contributed by atoms with Crippen molar-refractivity contribution in [2.45, 2.75) is 95.0 Å². The average Bonchev–Trinajstić information content (AvgIpc) is 3.23. The van der Waals surface area contributed by atoms with Gasteiger partial charge in [0.2, 0.25) is 11.8 Å². The molecule has 12 heteroatoms. The van der Waals surface area contributed by atoms with Crippen LogP contribution >= 0.6 is 0 Å². The van der Waals surface area contributed by atoms with E-state index in [1.165, 1.54) is 9.70 Å². The first-order chi connectivity index (χ1) is 19.5. The van der Waals surface area contributed by atoms with Crippen molar-refractivity contribution >= 4 is 34.9 Å². The lowest BCUT2D eigenvalue weighted by Crippen LogP contribution is -2.56. The van der Waals surface area contributed by atoms with E-state index in [2.05, 4.69) is 20.8 Å². The summed E-state index contributed by atoms with van der Waals surface area (Å²) in [6, 6.07) is 5.10. The first-order valence-electron chi connectivity index (χ1n) is 14.3. The number of alkyl carbamates (subject to hydrolysis) is 1. The maximum Gasteiger partial charge on any atom is 0.408 e. The van der Waals surface area contributed by atoms with Crippen molar-refractivity contribution in [3.63, 3.8) is 0 Å². The molecule has 12 nitrogen and oxygen atoms in total. The highest BCUT2D eigenvalue weighted by molar-refractivity contribution is 5.96. The van der Waals surface area contributed by atoms with E-state index in [1.807, 2.05) is 36.4 Å². The molecule has 2 fully saturated rings. The maximum atomic E-state index is 14.1. The minimum absolute atomic E-state index is 0.133. The van der Waals surface area contributed by atoms with E-state index >= 15 is 0 Å². The maximum absolute atomic E-state index is 14.1. The summed E-state index contributed by atoms with van der Waals surface area (Å²) >= 11 is 0. The second-order valence-corrected chi connectivity index (χ2v) is 12.2. The summed E-state index contributed by atoms with van der Waals surface area (Å²) < 4.78 is 5.43. The van der Waals surface area contributed by atoms with Crippen molar-refractivity contribution < 1.29 is 29.0 Å². The Morgan fingerprint density at radius 2 is 1.83 bits per heavy atom. The standard InChI is InChI=1S/C29H38N6O6/c1-28(2,3)41-27(40)30-22-14-8-6-4-5-7-11-18-16-29(18,26(38)39)31-24(36)23-15-19(17-34(23)25(22)37)35-32-20-12-9-10-13-21(20)33-35/h7,9-13,18-19,22-23H,4-6,8,14-17H2,1-3H3,(H,30,40)(H,31,36)(H,38,39)/t18-,19+,22+,23+,29-/m1/s1. The molecule has 2 aliphatic heterocycles. The second-order valence-electron chi connectivity index (χ2n) is 12.2. The van der Waals surface area contributed by atoms with Gasteiger partial charge in [-0.1, -0.05) is 37.1 Å². The van der Waals surface area contributed by atoms with Crippen LogP contribution < -0.4 is 10.6 Å². The molecule has 3 N–H and O–H groups in total. The smallest absolute Gasteiger partial charge is 0.408 e. The van der Waals surface area contributed by atoms with Gasteiger partial charge in [0.25, 0.3) is 0 Å². The number of rotatable bonds is 3. The number of carbonyl (C=O) groups is 4. The molecule has 0 radical (unpaired) electrons.